The van der Waals surface area contributed by atoms with Gasteiger partial charge in [0.1, 0.15) is 17.2 Å². The Morgan fingerprint density at radius 2 is 2.05 bits per heavy atom. The molecule has 0 saturated heterocycles. The lowest BCUT2D eigenvalue weighted by Crippen LogP contribution is -2.01. The maximum absolute atomic E-state index is 13.5. The first-order chi connectivity index (χ1) is 9.97. The first-order valence-electron chi connectivity index (χ1n) is 5.57. The van der Waals surface area contributed by atoms with E-state index in [4.69, 9.17) is 17.3 Å². The summed E-state index contributed by atoms with van der Waals surface area (Å²) in [4.78, 5) is 11.2. The zero-order valence-electron chi connectivity index (χ0n) is 10.1. The van der Waals surface area contributed by atoms with Crippen molar-refractivity contribution in [3.8, 4) is 11.3 Å². The minimum Gasteiger partial charge on any atom is -0.382 e. The monoisotopic (exact) mass is 314 g/mol. The highest BCUT2D eigenvalue weighted by Gasteiger charge is 2.22. The molecule has 10 heteroatoms. The van der Waals surface area contributed by atoms with Gasteiger partial charge in [0.15, 0.2) is 17.3 Å². The van der Waals surface area contributed by atoms with E-state index >= 15 is 0 Å². The minimum absolute atomic E-state index is 0.0388. The summed E-state index contributed by atoms with van der Waals surface area (Å²) < 4.78 is 40.0. The lowest BCUT2D eigenvalue weighted by Gasteiger charge is -2.03. The van der Waals surface area contributed by atoms with E-state index in [2.05, 4.69) is 20.1 Å². The van der Waals surface area contributed by atoms with Gasteiger partial charge in [-0.05, 0) is 0 Å². The van der Waals surface area contributed by atoms with Crippen LogP contribution in [0.5, 0.6) is 0 Å². The van der Waals surface area contributed by atoms with Crippen LogP contribution in [-0.4, -0.2) is 24.6 Å². The van der Waals surface area contributed by atoms with Crippen molar-refractivity contribution in [3.05, 3.63) is 35.3 Å². The Hall–Kier alpha value is -2.42. The molecule has 0 fully saturated rings. The Morgan fingerprint density at radius 3 is 2.71 bits per heavy atom. The highest BCUT2D eigenvalue weighted by atomic mass is 35.5. The quantitative estimate of drug-likeness (QED) is 0.735. The topological polar surface area (TPSA) is 82.0 Å². The Balaban J connectivity index is 2.32. The van der Waals surface area contributed by atoms with Gasteiger partial charge < -0.3 is 5.73 Å². The minimum atomic E-state index is -3.06. The fourth-order valence-corrected chi connectivity index (χ4v) is 2.00. The molecule has 0 saturated carbocycles. The van der Waals surface area contributed by atoms with E-state index in [0.717, 1.165) is 10.7 Å². The SMILES string of the molecule is Nc1nn2cc(F)c(C(F)F)nc2c1-c1cc(Cl)ncn1. The average Bonchev–Trinajstić information content (AvgIpc) is 2.72. The molecular formula is C11H6ClF3N6. The number of fused-ring (bicyclic) bond motifs is 1. The van der Waals surface area contributed by atoms with Crippen molar-refractivity contribution in [3.63, 3.8) is 0 Å². The lowest BCUT2D eigenvalue weighted by molar-refractivity contribution is 0.140. The summed E-state index contributed by atoms with van der Waals surface area (Å²) in [6.45, 7) is 0. The van der Waals surface area contributed by atoms with Crippen LogP contribution in [0.1, 0.15) is 12.1 Å². The van der Waals surface area contributed by atoms with Gasteiger partial charge in [-0.15, -0.1) is 5.10 Å². The van der Waals surface area contributed by atoms with E-state index in [9.17, 15) is 13.2 Å². The summed E-state index contributed by atoms with van der Waals surface area (Å²) >= 11 is 5.75. The van der Waals surface area contributed by atoms with Crippen LogP contribution in [-0.2, 0) is 0 Å². The fourth-order valence-electron chi connectivity index (χ4n) is 1.85. The number of hydrogen-bond donors (Lipinski definition) is 1. The highest BCUT2D eigenvalue weighted by molar-refractivity contribution is 6.29. The number of hydrogen-bond acceptors (Lipinski definition) is 5. The van der Waals surface area contributed by atoms with Gasteiger partial charge in [-0.3, -0.25) is 0 Å². The van der Waals surface area contributed by atoms with Crippen LogP contribution in [0.2, 0.25) is 5.15 Å². The fraction of sp³-hybridized carbons (Fsp3) is 0.0909. The van der Waals surface area contributed by atoms with Gasteiger partial charge in [0.25, 0.3) is 6.43 Å². The molecule has 3 aromatic heterocycles. The summed E-state index contributed by atoms with van der Waals surface area (Å²) in [6.07, 6.45) is -1.10. The van der Waals surface area contributed by atoms with Crippen molar-refractivity contribution >= 4 is 23.1 Å². The number of nitrogens with two attached hydrogens (primary N) is 1. The predicted octanol–water partition coefficient (Wildman–Crippen LogP) is 2.50. The average molecular weight is 315 g/mol. The maximum Gasteiger partial charge on any atom is 0.283 e. The molecule has 0 atom stereocenters. The zero-order valence-corrected chi connectivity index (χ0v) is 10.9. The van der Waals surface area contributed by atoms with E-state index in [1.54, 1.807) is 0 Å². The third-order valence-corrected chi connectivity index (χ3v) is 2.92. The Bertz CT molecular complexity index is 834. The van der Waals surface area contributed by atoms with E-state index < -0.39 is 17.9 Å². The lowest BCUT2D eigenvalue weighted by atomic mass is 10.2. The third-order valence-electron chi connectivity index (χ3n) is 2.72. The highest BCUT2D eigenvalue weighted by Crippen LogP contribution is 2.30. The van der Waals surface area contributed by atoms with Gasteiger partial charge >= 0.3 is 0 Å². The number of halogens is 4. The van der Waals surface area contributed by atoms with Gasteiger partial charge in [0.05, 0.1) is 17.5 Å². The number of aromatic nitrogens is 5. The summed E-state index contributed by atoms with van der Waals surface area (Å²) in [6, 6.07) is 1.38. The normalized spacial score (nSPS) is 11.5. The van der Waals surface area contributed by atoms with Gasteiger partial charge in [0, 0.05) is 6.07 Å². The summed E-state index contributed by atoms with van der Waals surface area (Å²) in [5.41, 5.74) is 5.13. The molecule has 0 aromatic carbocycles. The molecule has 3 heterocycles. The number of rotatable bonds is 2. The summed E-state index contributed by atoms with van der Waals surface area (Å²) in [7, 11) is 0. The van der Waals surface area contributed by atoms with Crippen molar-refractivity contribution in [1.82, 2.24) is 24.6 Å². The van der Waals surface area contributed by atoms with Gasteiger partial charge in [-0.1, -0.05) is 11.6 Å². The van der Waals surface area contributed by atoms with E-state index in [1.165, 1.54) is 12.4 Å². The number of alkyl halides is 2. The molecule has 0 spiro atoms. The molecule has 2 N–H and O–H groups in total. The van der Waals surface area contributed by atoms with Crippen LogP contribution in [0.15, 0.2) is 18.6 Å². The molecule has 0 bridgehead atoms. The van der Waals surface area contributed by atoms with Crippen LogP contribution in [0, 0.1) is 5.82 Å². The van der Waals surface area contributed by atoms with E-state index in [0.29, 0.717) is 0 Å². The Kier molecular flexibility index (Phi) is 3.13. The molecule has 3 rings (SSSR count). The first kappa shape index (κ1) is 13.6. The van der Waals surface area contributed by atoms with Crippen LogP contribution in [0.25, 0.3) is 16.9 Å². The van der Waals surface area contributed by atoms with Crippen LogP contribution in [0.3, 0.4) is 0 Å². The second kappa shape index (κ2) is 4.85. The maximum atomic E-state index is 13.5. The van der Waals surface area contributed by atoms with Gasteiger partial charge in [0.2, 0.25) is 0 Å². The number of nitrogen functional groups attached to an aromatic ring is 1. The van der Waals surface area contributed by atoms with Crippen LogP contribution >= 0.6 is 11.6 Å². The second-order valence-corrected chi connectivity index (χ2v) is 4.42. The molecule has 108 valence electrons. The molecule has 0 aliphatic rings. The molecule has 3 aromatic rings. The molecule has 0 aliphatic carbocycles. The standard InChI is InChI=1S/C11H6ClF3N6/c12-6-1-5(17-3-18-6)7-10(16)20-21-2-4(13)8(9(14)15)19-11(7)21/h1-3,9H,(H2,16,20). The van der Waals surface area contributed by atoms with Gasteiger partial charge in [-0.2, -0.15) is 0 Å². The number of nitrogens with zero attached hydrogens (tertiary/aromatic N) is 5. The van der Waals surface area contributed by atoms with Crippen molar-refractivity contribution < 1.29 is 13.2 Å². The second-order valence-electron chi connectivity index (χ2n) is 4.03. The molecular weight excluding hydrogens is 309 g/mol. The van der Waals surface area contributed by atoms with Crippen molar-refractivity contribution in [2.24, 2.45) is 0 Å². The third kappa shape index (κ3) is 2.25. The molecule has 0 amide bonds. The van der Waals surface area contributed by atoms with Gasteiger partial charge in [-0.25, -0.2) is 32.6 Å². The Labute approximate surface area is 120 Å². The largest absolute Gasteiger partial charge is 0.382 e. The molecule has 21 heavy (non-hydrogen) atoms. The predicted molar refractivity (Wildman–Crippen MR) is 68.4 cm³/mol. The summed E-state index contributed by atoms with van der Waals surface area (Å²) in [5.74, 6) is -1.21. The number of anilines is 1. The van der Waals surface area contributed by atoms with Crippen LogP contribution in [0.4, 0.5) is 19.0 Å². The molecule has 6 nitrogen and oxygen atoms in total. The zero-order chi connectivity index (χ0) is 15.1. The first-order valence-corrected chi connectivity index (χ1v) is 5.95. The molecule has 0 aliphatic heterocycles. The molecule has 0 radical (unpaired) electrons. The van der Waals surface area contributed by atoms with Crippen molar-refractivity contribution in [2.45, 2.75) is 6.43 Å². The molecule has 0 unspecified atom stereocenters. The van der Waals surface area contributed by atoms with Crippen molar-refractivity contribution in [1.29, 1.82) is 0 Å². The summed E-state index contributed by atoms with van der Waals surface area (Å²) in [5, 5.41) is 3.96. The smallest absolute Gasteiger partial charge is 0.283 e. The Morgan fingerprint density at radius 1 is 1.29 bits per heavy atom. The van der Waals surface area contributed by atoms with E-state index in [1.807, 2.05) is 0 Å². The van der Waals surface area contributed by atoms with Crippen molar-refractivity contribution in [2.75, 3.05) is 5.73 Å². The van der Waals surface area contributed by atoms with Crippen LogP contribution < -0.4 is 5.73 Å². The van der Waals surface area contributed by atoms with E-state index in [-0.39, 0.29) is 27.9 Å².